The van der Waals surface area contributed by atoms with Gasteiger partial charge in [-0.3, -0.25) is 4.79 Å². The summed E-state index contributed by atoms with van der Waals surface area (Å²) in [6, 6.07) is 0.198. The Morgan fingerprint density at radius 2 is 2.45 bits per heavy atom. The first-order valence-corrected chi connectivity index (χ1v) is 4.14. The third-order valence-corrected chi connectivity index (χ3v) is 2.45. The second kappa shape index (κ2) is 3.22. The molecule has 11 heavy (non-hydrogen) atoms. The maximum Gasteiger partial charge on any atom is 0.222 e. The highest BCUT2D eigenvalue weighted by atomic mass is 16.2. The van der Waals surface area contributed by atoms with Crippen LogP contribution in [-0.4, -0.2) is 30.4 Å². The van der Waals surface area contributed by atoms with Crippen molar-refractivity contribution in [1.29, 1.82) is 0 Å². The van der Waals surface area contributed by atoms with Gasteiger partial charge in [0.25, 0.3) is 0 Å². The second-order valence-electron chi connectivity index (χ2n) is 3.31. The van der Waals surface area contributed by atoms with Crippen molar-refractivity contribution >= 4 is 5.91 Å². The Kier molecular flexibility index (Phi) is 2.49. The first-order chi connectivity index (χ1) is 5.15. The molecular formula is C8H16N2O. The Morgan fingerprint density at radius 1 is 1.82 bits per heavy atom. The van der Waals surface area contributed by atoms with Crippen LogP contribution in [0.25, 0.3) is 0 Å². The lowest BCUT2D eigenvalue weighted by molar-refractivity contribution is -0.126. The minimum atomic E-state index is 0.198. The van der Waals surface area contributed by atoms with Crippen LogP contribution in [0.4, 0.5) is 0 Å². The van der Waals surface area contributed by atoms with Crippen LogP contribution in [0.1, 0.15) is 19.8 Å². The van der Waals surface area contributed by atoms with Gasteiger partial charge in [-0.2, -0.15) is 0 Å². The maximum atomic E-state index is 11.1. The molecule has 0 aromatic heterocycles. The van der Waals surface area contributed by atoms with Crippen LogP contribution in [0.15, 0.2) is 0 Å². The Labute approximate surface area is 67.5 Å². The SMILES string of the molecule is CCC(N)C1CC(=O)N(C)C1. The van der Waals surface area contributed by atoms with Crippen LogP contribution in [0.2, 0.25) is 0 Å². The number of amides is 1. The van der Waals surface area contributed by atoms with Gasteiger partial charge in [-0.25, -0.2) is 0 Å². The number of carbonyl (C=O) groups is 1. The molecule has 1 aliphatic rings. The van der Waals surface area contributed by atoms with Crippen molar-refractivity contribution in [2.75, 3.05) is 13.6 Å². The molecule has 1 amide bonds. The number of nitrogens with two attached hydrogens (primary N) is 1. The van der Waals surface area contributed by atoms with Gasteiger partial charge in [0.15, 0.2) is 0 Å². The van der Waals surface area contributed by atoms with E-state index in [1.54, 1.807) is 4.90 Å². The number of hydrogen-bond acceptors (Lipinski definition) is 2. The molecule has 3 heteroatoms. The molecule has 1 aliphatic heterocycles. The van der Waals surface area contributed by atoms with Crippen molar-refractivity contribution in [2.45, 2.75) is 25.8 Å². The van der Waals surface area contributed by atoms with Crippen LogP contribution < -0.4 is 5.73 Å². The Bertz CT molecular complexity index is 158. The van der Waals surface area contributed by atoms with Gasteiger partial charge in [0.05, 0.1) is 0 Å². The van der Waals surface area contributed by atoms with E-state index < -0.39 is 0 Å². The predicted octanol–water partition coefficient (Wildman–Crippen LogP) is 0.202. The molecule has 0 aliphatic carbocycles. The number of carbonyl (C=O) groups excluding carboxylic acids is 1. The number of hydrogen-bond donors (Lipinski definition) is 1. The highest BCUT2D eigenvalue weighted by molar-refractivity contribution is 5.78. The van der Waals surface area contributed by atoms with E-state index in [2.05, 4.69) is 6.92 Å². The van der Waals surface area contributed by atoms with E-state index in [-0.39, 0.29) is 11.9 Å². The summed E-state index contributed by atoms with van der Waals surface area (Å²) in [5.74, 6) is 0.622. The Hall–Kier alpha value is -0.570. The van der Waals surface area contributed by atoms with Crippen molar-refractivity contribution in [1.82, 2.24) is 4.90 Å². The van der Waals surface area contributed by atoms with Gasteiger partial charge in [0, 0.05) is 32.0 Å². The summed E-state index contributed by atoms with van der Waals surface area (Å²) in [5.41, 5.74) is 5.82. The number of nitrogens with zero attached hydrogens (tertiary/aromatic N) is 1. The molecule has 0 spiro atoms. The lowest BCUT2D eigenvalue weighted by Crippen LogP contribution is -2.31. The predicted molar refractivity (Wildman–Crippen MR) is 44.0 cm³/mol. The molecule has 2 N–H and O–H groups in total. The lowest BCUT2D eigenvalue weighted by Gasteiger charge is -2.15. The molecule has 0 bridgehead atoms. The van der Waals surface area contributed by atoms with E-state index in [1.165, 1.54) is 0 Å². The monoisotopic (exact) mass is 156 g/mol. The molecule has 1 heterocycles. The zero-order valence-corrected chi connectivity index (χ0v) is 7.21. The van der Waals surface area contributed by atoms with Crippen LogP contribution in [0.3, 0.4) is 0 Å². The van der Waals surface area contributed by atoms with E-state index in [4.69, 9.17) is 5.73 Å². The molecule has 0 radical (unpaired) electrons. The van der Waals surface area contributed by atoms with Crippen molar-refractivity contribution in [2.24, 2.45) is 11.7 Å². The third-order valence-electron chi connectivity index (χ3n) is 2.45. The van der Waals surface area contributed by atoms with Crippen LogP contribution in [-0.2, 0) is 4.79 Å². The van der Waals surface area contributed by atoms with E-state index in [1.807, 2.05) is 7.05 Å². The normalized spacial score (nSPS) is 27.7. The summed E-state index contributed by atoms with van der Waals surface area (Å²) in [6.45, 7) is 2.90. The molecule has 1 saturated heterocycles. The fourth-order valence-electron chi connectivity index (χ4n) is 1.52. The van der Waals surface area contributed by atoms with E-state index in [0.717, 1.165) is 13.0 Å². The van der Waals surface area contributed by atoms with Crippen molar-refractivity contribution in [3.8, 4) is 0 Å². The molecule has 1 fully saturated rings. The maximum absolute atomic E-state index is 11.1. The van der Waals surface area contributed by atoms with Crippen molar-refractivity contribution in [3.05, 3.63) is 0 Å². The minimum absolute atomic E-state index is 0.198. The minimum Gasteiger partial charge on any atom is -0.345 e. The first kappa shape index (κ1) is 8.53. The average molecular weight is 156 g/mol. The second-order valence-corrected chi connectivity index (χ2v) is 3.31. The molecule has 0 aromatic rings. The van der Waals surface area contributed by atoms with Gasteiger partial charge in [0.1, 0.15) is 0 Å². The first-order valence-electron chi connectivity index (χ1n) is 4.14. The van der Waals surface area contributed by atoms with Crippen LogP contribution in [0, 0.1) is 5.92 Å². The largest absolute Gasteiger partial charge is 0.345 e. The Morgan fingerprint density at radius 3 is 2.82 bits per heavy atom. The smallest absolute Gasteiger partial charge is 0.222 e. The molecular weight excluding hydrogens is 140 g/mol. The molecule has 3 nitrogen and oxygen atoms in total. The zero-order chi connectivity index (χ0) is 8.43. The summed E-state index contributed by atoms with van der Waals surface area (Å²) in [4.78, 5) is 12.8. The highest BCUT2D eigenvalue weighted by Crippen LogP contribution is 2.19. The van der Waals surface area contributed by atoms with Gasteiger partial charge in [-0.15, -0.1) is 0 Å². The summed E-state index contributed by atoms with van der Waals surface area (Å²) in [6.07, 6.45) is 1.61. The average Bonchev–Trinajstić information content (AvgIpc) is 2.31. The van der Waals surface area contributed by atoms with Gasteiger partial charge < -0.3 is 10.6 Å². The van der Waals surface area contributed by atoms with Crippen molar-refractivity contribution in [3.63, 3.8) is 0 Å². The molecule has 0 aromatic carbocycles. The fraction of sp³-hybridized carbons (Fsp3) is 0.875. The highest BCUT2D eigenvalue weighted by Gasteiger charge is 2.29. The number of rotatable bonds is 2. The van der Waals surface area contributed by atoms with Crippen LogP contribution >= 0.6 is 0 Å². The molecule has 2 unspecified atom stereocenters. The number of likely N-dealkylation sites (tertiary alicyclic amines) is 1. The van der Waals surface area contributed by atoms with Gasteiger partial charge in [-0.1, -0.05) is 6.92 Å². The molecule has 1 rings (SSSR count). The van der Waals surface area contributed by atoms with Gasteiger partial charge in [0.2, 0.25) is 5.91 Å². The van der Waals surface area contributed by atoms with E-state index >= 15 is 0 Å². The summed E-state index contributed by atoms with van der Waals surface area (Å²) in [7, 11) is 1.84. The van der Waals surface area contributed by atoms with E-state index in [9.17, 15) is 4.79 Å². The van der Waals surface area contributed by atoms with Crippen molar-refractivity contribution < 1.29 is 4.79 Å². The molecule has 64 valence electrons. The Balaban J connectivity index is 2.46. The molecule has 2 atom stereocenters. The quantitative estimate of drug-likeness (QED) is 0.621. The summed E-state index contributed by atoms with van der Waals surface area (Å²) < 4.78 is 0. The van der Waals surface area contributed by atoms with Gasteiger partial charge >= 0.3 is 0 Å². The van der Waals surface area contributed by atoms with Crippen LogP contribution in [0.5, 0.6) is 0 Å². The topological polar surface area (TPSA) is 46.3 Å². The summed E-state index contributed by atoms with van der Waals surface area (Å²) >= 11 is 0. The van der Waals surface area contributed by atoms with E-state index in [0.29, 0.717) is 12.3 Å². The zero-order valence-electron chi connectivity index (χ0n) is 7.21. The third kappa shape index (κ3) is 1.71. The van der Waals surface area contributed by atoms with Gasteiger partial charge in [-0.05, 0) is 6.42 Å². The molecule has 0 saturated carbocycles. The lowest BCUT2D eigenvalue weighted by atomic mass is 9.98. The standard InChI is InChI=1S/C8H16N2O/c1-3-7(9)6-4-8(11)10(2)5-6/h6-7H,3-5,9H2,1-2H3. The summed E-state index contributed by atoms with van der Waals surface area (Å²) in [5, 5.41) is 0. The fourth-order valence-corrected chi connectivity index (χ4v) is 1.52.